The highest BCUT2D eigenvalue weighted by atomic mass is 28.5. The summed E-state index contributed by atoms with van der Waals surface area (Å²) in [6, 6.07) is 0. The molecule has 0 aliphatic rings. The first kappa shape index (κ1) is 16.5. The summed E-state index contributed by atoms with van der Waals surface area (Å²) in [5.74, 6) is 0. The van der Waals surface area contributed by atoms with Crippen molar-refractivity contribution >= 4 is 25.9 Å². The summed E-state index contributed by atoms with van der Waals surface area (Å²) in [4.78, 5) is 0. The zero-order valence-electron chi connectivity index (χ0n) is 11.5. The van der Waals surface area contributed by atoms with Gasteiger partial charge in [0.05, 0.1) is 0 Å². The summed E-state index contributed by atoms with van der Waals surface area (Å²) in [5, 5.41) is 0. The van der Waals surface area contributed by atoms with E-state index in [2.05, 4.69) is 19.6 Å². The molecule has 0 aliphatic carbocycles. The minimum absolute atomic E-state index is 1.53. The van der Waals surface area contributed by atoms with Gasteiger partial charge in [0.1, 0.15) is 0 Å². The molecule has 0 bridgehead atoms. The monoisotopic (exact) mass is 284 g/mol. The zero-order valence-corrected chi connectivity index (χ0v) is 14.5. The topological polar surface area (TPSA) is 46.2 Å². The van der Waals surface area contributed by atoms with Crippen LogP contribution in [0.1, 0.15) is 0 Å². The molecule has 16 heavy (non-hydrogen) atoms. The first-order valence-electron chi connectivity index (χ1n) is 5.15. The third kappa shape index (κ3) is 5.68. The van der Waals surface area contributed by atoms with Crippen molar-refractivity contribution in [3.8, 4) is 0 Å². The van der Waals surface area contributed by atoms with Crippen LogP contribution in [-0.4, -0.2) is 47.3 Å². The molecular weight excluding hydrogens is 260 g/mol. The Hall–Kier alpha value is 0.451. The van der Waals surface area contributed by atoms with Crippen LogP contribution in [0.3, 0.4) is 0 Å². The molecule has 8 heteroatoms. The molecule has 0 aromatic heterocycles. The van der Waals surface area contributed by atoms with Gasteiger partial charge in [0.2, 0.25) is 0 Å². The van der Waals surface area contributed by atoms with Crippen LogP contribution in [0.25, 0.3) is 0 Å². The minimum atomic E-state index is -2.99. The molecule has 0 rings (SSSR count). The van der Waals surface area contributed by atoms with E-state index in [1.807, 2.05) is 13.1 Å². The third-order valence-electron chi connectivity index (χ3n) is 1.67. The van der Waals surface area contributed by atoms with Crippen LogP contribution in [0, 0.1) is 0 Å². The summed E-state index contributed by atoms with van der Waals surface area (Å²) < 4.78 is 27.6. The van der Waals surface area contributed by atoms with Crippen molar-refractivity contribution in [2.45, 2.75) is 32.7 Å². The Morgan fingerprint density at radius 2 is 1.00 bits per heavy atom. The SMILES string of the molecule is CO[Si](OC)(OC)O[Si](C)(C)O[Si](C)(C)C. The molecule has 0 atom stereocenters. The van der Waals surface area contributed by atoms with Gasteiger partial charge >= 0.3 is 17.6 Å². The van der Waals surface area contributed by atoms with Crippen molar-refractivity contribution in [2.24, 2.45) is 0 Å². The zero-order chi connectivity index (χ0) is 13.0. The number of hydrogen-bond acceptors (Lipinski definition) is 5. The van der Waals surface area contributed by atoms with E-state index in [0.717, 1.165) is 0 Å². The molecule has 0 heterocycles. The van der Waals surface area contributed by atoms with E-state index >= 15 is 0 Å². The lowest BCUT2D eigenvalue weighted by Gasteiger charge is -2.35. The largest absolute Gasteiger partial charge is 0.669 e. The standard InChI is InChI=1S/C8H24O5Si3/c1-9-16(10-2,11-3)13-15(7,8)12-14(4,5)6/h1-8H3. The van der Waals surface area contributed by atoms with Crippen molar-refractivity contribution < 1.29 is 21.5 Å². The van der Waals surface area contributed by atoms with E-state index in [0.29, 0.717) is 0 Å². The normalized spacial score (nSPS) is 14.2. The molecule has 0 saturated heterocycles. The average Bonchev–Trinajstić information content (AvgIpc) is 2.10. The fraction of sp³-hybridized carbons (Fsp3) is 1.00. The van der Waals surface area contributed by atoms with Gasteiger partial charge in [0.25, 0.3) is 0 Å². The molecule has 0 fully saturated rings. The molecule has 0 aliphatic heterocycles. The van der Waals surface area contributed by atoms with Gasteiger partial charge in [-0.15, -0.1) is 0 Å². The highest BCUT2D eigenvalue weighted by Gasteiger charge is 2.49. The van der Waals surface area contributed by atoms with Crippen LogP contribution in [0.4, 0.5) is 0 Å². The first-order chi connectivity index (χ1) is 7.10. The predicted molar refractivity (Wildman–Crippen MR) is 69.8 cm³/mol. The second-order valence-corrected chi connectivity index (χ2v) is 15.7. The minimum Gasteiger partial charge on any atom is -0.437 e. The predicted octanol–water partition coefficient (Wildman–Crippen LogP) is 1.93. The van der Waals surface area contributed by atoms with Crippen LogP contribution in [0.2, 0.25) is 32.7 Å². The summed E-state index contributed by atoms with van der Waals surface area (Å²) in [7, 11) is -2.34. The van der Waals surface area contributed by atoms with Crippen LogP contribution in [0.15, 0.2) is 0 Å². The second kappa shape index (κ2) is 5.87. The fourth-order valence-corrected chi connectivity index (χ4v) is 11.8. The summed E-state index contributed by atoms with van der Waals surface area (Å²) >= 11 is 0. The van der Waals surface area contributed by atoms with Gasteiger partial charge in [0.15, 0.2) is 8.32 Å². The Labute approximate surface area is 102 Å². The Morgan fingerprint density at radius 3 is 1.25 bits per heavy atom. The smallest absolute Gasteiger partial charge is 0.437 e. The van der Waals surface area contributed by atoms with Gasteiger partial charge in [0, 0.05) is 21.3 Å². The van der Waals surface area contributed by atoms with Crippen molar-refractivity contribution in [3.05, 3.63) is 0 Å². The van der Waals surface area contributed by atoms with Crippen molar-refractivity contribution in [3.63, 3.8) is 0 Å². The van der Waals surface area contributed by atoms with E-state index in [4.69, 9.17) is 21.5 Å². The van der Waals surface area contributed by atoms with E-state index in [-0.39, 0.29) is 0 Å². The molecule has 98 valence electrons. The van der Waals surface area contributed by atoms with Gasteiger partial charge in [-0.3, -0.25) is 0 Å². The Kier molecular flexibility index (Phi) is 6.03. The lowest BCUT2D eigenvalue weighted by molar-refractivity contribution is 0.0412. The Bertz CT molecular complexity index is 204. The maximum atomic E-state index is 6.04. The van der Waals surface area contributed by atoms with Crippen molar-refractivity contribution in [1.29, 1.82) is 0 Å². The molecule has 0 aromatic rings. The summed E-state index contributed by atoms with van der Waals surface area (Å²) in [6.07, 6.45) is 0. The van der Waals surface area contributed by atoms with E-state index < -0.39 is 25.9 Å². The van der Waals surface area contributed by atoms with Gasteiger partial charge in [-0.05, 0) is 32.7 Å². The van der Waals surface area contributed by atoms with Gasteiger partial charge in [-0.2, -0.15) is 0 Å². The van der Waals surface area contributed by atoms with Gasteiger partial charge in [-0.25, -0.2) is 0 Å². The van der Waals surface area contributed by atoms with E-state index in [9.17, 15) is 0 Å². The molecule has 0 N–H and O–H groups in total. The van der Waals surface area contributed by atoms with Crippen LogP contribution in [-0.2, 0) is 21.5 Å². The summed E-state index contributed by atoms with van der Waals surface area (Å²) in [6.45, 7) is 10.3. The van der Waals surface area contributed by atoms with Gasteiger partial charge in [-0.1, -0.05) is 0 Å². The first-order valence-corrected chi connectivity index (χ1v) is 13.0. The highest BCUT2D eigenvalue weighted by molar-refractivity contribution is 6.84. The van der Waals surface area contributed by atoms with Crippen molar-refractivity contribution in [2.75, 3.05) is 21.3 Å². The third-order valence-corrected chi connectivity index (χ3v) is 10.6. The maximum Gasteiger partial charge on any atom is 0.669 e. The van der Waals surface area contributed by atoms with Gasteiger partial charge < -0.3 is 21.5 Å². The summed E-state index contributed by atoms with van der Waals surface area (Å²) in [5.41, 5.74) is 0. The molecule has 0 saturated carbocycles. The molecular formula is C8H24O5Si3. The lowest BCUT2D eigenvalue weighted by atomic mass is 11.8. The molecule has 0 amide bonds. The molecule has 0 radical (unpaired) electrons. The van der Waals surface area contributed by atoms with Crippen LogP contribution in [0.5, 0.6) is 0 Å². The fourth-order valence-electron chi connectivity index (χ4n) is 1.43. The highest BCUT2D eigenvalue weighted by Crippen LogP contribution is 2.21. The van der Waals surface area contributed by atoms with E-state index in [1.165, 1.54) is 21.3 Å². The quantitative estimate of drug-likeness (QED) is 0.669. The average molecular weight is 285 g/mol. The Balaban J connectivity index is 4.66. The number of hydrogen-bond donors (Lipinski definition) is 0. The number of rotatable bonds is 7. The maximum absolute atomic E-state index is 6.04. The lowest BCUT2D eigenvalue weighted by Crippen LogP contribution is -2.57. The Morgan fingerprint density at radius 1 is 0.625 bits per heavy atom. The van der Waals surface area contributed by atoms with Crippen LogP contribution < -0.4 is 0 Å². The van der Waals surface area contributed by atoms with Crippen molar-refractivity contribution in [1.82, 2.24) is 0 Å². The molecule has 0 aromatic carbocycles. The molecule has 0 unspecified atom stereocenters. The van der Waals surface area contributed by atoms with E-state index in [1.54, 1.807) is 0 Å². The molecule has 5 nitrogen and oxygen atoms in total. The van der Waals surface area contributed by atoms with Crippen LogP contribution >= 0.6 is 0 Å². The second-order valence-electron chi connectivity index (χ2n) is 4.83. The molecule has 0 spiro atoms.